The van der Waals surface area contributed by atoms with Crippen molar-refractivity contribution in [2.24, 2.45) is 13.0 Å². The van der Waals surface area contributed by atoms with Gasteiger partial charge in [0.1, 0.15) is 17.3 Å². The van der Waals surface area contributed by atoms with Gasteiger partial charge in [-0.25, -0.2) is 9.07 Å². The minimum Gasteiger partial charge on any atom is -0.439 e. The molecule has 1 N–H and O–H groups in total. The van der Waals surface area contributed by atoms with Crippen LogP contribution in [-0.4, -0.2) is 51.7 Å². The largest absolute Gasteiger partial charge is 0.439 e. The summed E-state index contributed by atoms with van der Waals surface area (Å²) in [5.74, 6) is 1.22. The van der Waals surface area contributed by atoms with E-state index < -0.39 is 6.10 Å². The number of aliphatic hydroxyl groups is 1. The third-order valence-corrected chi connectivity index (χ3v) is 5.46. The van der Waals surface area contributed by atoms with Crippen LogP contribution in [0.5, 0.6) is 11.6 Å². The van der Waals surface area contributed by atoms with E-state index in [0.717, 1.165) is 16.8 Å². The van der Waals surface area contributed by atoms with Gasteiger partial charge < -0.3 is 14.6 Å². The summed E-state index contributed by atoms with van der Waals surface area (Å²) in [6.07, 6.45) is -0.612. The Morgan fingerprint density at radius 1 is 1.00 bits per heavy atom. The van der Waals surface area contributed by atoms with Crippen molar-refractivity contribution in [1.82, 2.24) is 14.7 Å². The van der Waals surface area contributed by atoms with E-state index in [0.29, 0.717) is 43.9 Å². The van der Waals surface area contributed by atoms with E-state index >= 15 is 0 Å². The topological polar surface area (TPSA) is 59.8 Å². The lowest BCUT2D eigenvalue weighted by Crippen LogP contribution is -2.39. The summed E-state index contributed by atoms with van der Waals surface area (Å²) < 4.78 is 27.0. The van der Waals surface area contributed by atoms with E-state index in [1.54, 1.807) is 16.8 Å². The minimum atomic E-state index is -0.612. The predicted octanol–water partition coefficient (Wildman–Crippen LogP) is 5.26. The Balaban J connectivity index is 1.90. The molecule has 0 spiro atoms. The van der Waals surface area contributed by atoms with Gasteiger partial charge in [0, 0.05) is 38.3 Å². The minimum absolute atomic E-state index is 0.169. The van der Waals surface area contributed by atoms with Crippen LogP contribution in [0.25, 0.3) is 11.3 Å². The molecule has 2 aromatic carbocycles. The van der Waals surface area contributed by atoms with Gasteiger partial charge in [0.2, 0.25) is 5.88 Å². The fraction of sp³-hybridized carbons (Fsp3) is 0.444. The van der Waals surface area contributed by atoms with E-state index in [-0.39, 0.29) is 11.9 Å². The van der Waals surface area contributed by atoms with Crippen LogP contribution in [0.3, 0.4) is 0 Å². The van der Waals surface area contributed by atoms with Gasteiger partial charge in [-0.2, -0.15) is 5.10 Å². The van der Waals surface area contributed by atoms with E-state index in [1.807, 2.05) is 37.4 Å². The van der Waals surface area contributed by atoms with Gasteiger partial charge in [-0.1, -0.05) is 44.2 Å². The summed E-state index contributed by atoms with van der Waals surface area (Å²) in [6.45, 7) is 10.3. The van der Waals surface area contributed by atoms with Gasteiger partial charge in [-0.05, 0) is 44.0 Å². The second-order valence-electron chi connectivity index (χ2n) is 9.29. The highest BCUT2D eigenvalue weighted by atomic mass is 19.1. The van der Waals surface area contributed by atoms with Crippen molar-refractivity contribution >= 4 is 0 Å². The molecule has 6 nitrogen and oxygen atoms in total. The maximum Gasteiger partial charge on any atom is 0.222 e. The third kappa shape index (κ3) is 7.13. The second kappa shape index (κ2) is 12.1. The molecular formula is C27H36FN3O3. The first-order valence-electron chi connectivity index (χ1n) is 11.8. The van der Waals surface area contributed by atoms with Crippen LogP contribution in [-0.2, 0) is 18.3 Å². The lowest BCUT2D eigenvalue weighted by Gasteiger charge is -2.29. The summed E-state index contributed by atoms with van der Waals surface area (Å²) in [7, 11) is 1.84. The molecule has 3 aromatic rings. The Morgan fingerprint density at radius 2 is 1.68 bits per heavy atom. The average Bonchev–Trinajstić information content (AvgIpc) is 3.10. The number of hydrogen-bond donors (Lipinski definition) is 1. The highest BCUT2D eigenvalue weighted by molar-refractivity contribution is 5.65. The number of hydrogen-bond acceptors (Lipinski definition) is 5. The molecule has 0 bridgehead atoms. The van der Waals surface area contributed by atoms with Crippen LogP contribution >= 0.6 is 0 Å². The van der Waals surface area contributed by atoms with Gasteiger partial charge in [0.15, 0.2) is 0 Å². The van der Waals surface area contributed by atoms with Crippen molar-refractivity contribution in [3.05, 3.63) is 66.0 Å². The Bertz CT molecular complexity index is 1020. The van der Waals surface area contributed by atoms with Gasteiger partial charge in [-0.3, -0.25) is 4.90 Å². The average molecular weight is 470 g/mol. The summed E-state index contributed by atoms with van der Waals surface area (Å²) >= 11 is 0. The van der Waals surface area contributed by atoms with Crippen molar-refractivity contribution in [3.8, 4) is 22.9 Å². The molecule has 7 heteroatoms. The second-order valence-corrected chi connectivity index (χ2v) is 9.29. The molecule has 0 aliphatic rings. The van der Waals surface area contributed by atoms with Crippen molar-refractivity contribution < 1.29 is 19.0 Å². The number of ether oxygens (including phenoxy) is 2. The lowest BCUT2D eigenvalue weighted by atomic mass is 10.1. The molecule has 1 heterocycles. The molecule has 0 aliphatic heterocycles. The molecule has 0 radical (unpaired) electrons. The normalized spacial score (nSPS) is 12.6. The smallest absolute Gasteiger partial charge is 0.222 e. The maximum atomic E-state index is 13.4. The molecule has 0 amide bonds. The van der Waals surface area contributed by atoms with Gasteiger partial charge in [0.25, 0.3) is 0 Å². The number of benzene rings is 2. The van der Waals surface area contributed by atoms with Crippen LogP contribution in [0, 0.1) is 11.7 Å². The van der Waals surface area contributed by atoms with Crippen molar-refractivity contribution in [1.29, 1.82) is 0 Å². The molecule has 3 rings (SSSR count). The van der Waals surface area contributed by atoms with Crippen molar-refractivity contribution in [2.45, 2.75) is 46.4 Å². The van der Waals surface area contributed by atoms with E-state index in [9.17, 15) is 9.50 Å². The Hall–Kier alpha value is -2.74. The Morgan fingerprint density at radius 3 is 2.29 bits per heavy atom. The number of aliphatic hydroxyl groups excluding tert-OH is 1. The first-order valence-corrected chi connectivity index (χ1v) is 11.8. The zero-order valence-corrected chi connectivity index (χ0v) is 20.7. The van der Waals surface area contributed by atoms with E-state index in [2.05, 4.69) is 32.6 Å². The van der Waals surface area contributed by atoms with E-state index in [4.69, 9.17) is 14.6 Å². The number of nitrogens with zero attached hydrogens (tertiary/aromatic N) is 3. The molecule has 1 atom stereocenters. The number of halogens is 1. The predicted molar refractivity (Wildman–Crippen MR) is 132 cm³/mol. The molecule has 0 saturated carbocycles. The SMILES string of the molecule is CC(C)COC[C@H](O)CN(Cc1c(-c2ccccc2)nn(C)c1Oc1ccc(F)cc1)C(C)C. The monoisotopic (exact) mass is 469 g/mol. The number of rotatable bonds is 12. The lowest BCUT2D eigenvalue weighted by molar-refractivity contribution is 0.00166. The molecule has 34 heavy (non-hydrogen) atoms. The first kappa shape index (κ1) is 25.9. The summed E-state index contributed by atoms with van der Waals surface area (Å²) in [5, 5.41) is 15.4. The molecule has 0 aliphatic carbocycles. The molecule has 0 saturated heterocycles. The van der Waals surface area contributed by atoms with Gasteiger partial charge in [-0.15, -0.1) is 0 Å². The zero-order chi connectivity index (χ0) is 24.7. The molecule has 184 valence electrons. The van der Waals surface area contributed by atoms with Crippen molar-refractivity contribution in [3.63, 3.8) is 0 Å². The van der Waals surface area contributed by atoms with Crippen molar-refractivity contribution in [2.75, 3.05) is 19.8 Å². The Labute approximate surface area is 201 Å². The molecule has 1 aromatic heterocycles. The highest BCUT2D eigenvalue weighted by Crippen LogP contribution is 2.34. The van der Waals surface area contributed by atoms with Crippen LogP contribution in [0.2, 0.25) is 0 Å². The number of aromatic nitrogens is 2. The summed E-state index contributed by atoms with van der Waals surface area (Å²) in [4.78, 5) is 2.18. The Kier molecular flexibility index (Phi) is 9.21. The standard InChI is InChI=1S/C27H36FN3O3/c1-19(2)17-33-18-23(32)15-31(20(3)4)16-25-26(21-9-7-6-8-10-21)29-30(5)27(25)34-24-13-11-22(28)12-14-24/h6-14,19-20,23,32H,15-18H2,1-5H3/t23-/m1/s1. The van der Waals surface area contributed by atoms with Crippen LogP contribution < -0.4 is 4.74 Å². The van der Waals surface area contributed by atoms with E-state index in [1.165, 1.54) is 12.1 Å². The quantitative estimate of drug-likeness (QED) is 0.392. The fourth-order valence-corrected chi connectivity index (χ4v) is 3.69. The van der Waals surface area contributed by atoms with Crippen LogP contribution in [0.15, 0.2) is 54.6 Å². The molecule has 0 fully saturated rings. The number of aryl methyl sites for hydroxylation is 1. The molecular weight excluding hydrogens is 433 g/mol. The first-order chi connectivity index (χ1) is 16.2. The molecule has 0 unspecified atom stereocenters. The maximum absolute atomic E-state index is 13.4. The summed E-state index contributed by atoms with van der Waals surface area (Å²) in [6, 6.07) is 16.1. The van der Waals surface area contributed by atoms with Gasteiger partial charge >= 0.3 is 0 Å². The summed E-state index contributed by atoms with van der Waals surface area (Å²) in [5.41, 5.74) is 2.70. The third-order valence-electron chi connectivity index (χ3n) is 5.46. The van der Waals surface area contributed by atoms with Crippen LogP contribution in [0.1, 0.15) is 33.3 Å². The van der Waals surface area contributed by atoms with Gasteiger partial charge in [0.05, 0.1) is 18.3 Å². The van der Waals surface area contributed by atoms with Crippen LogP contribution in [0.4, 0.5) is 4.39 Å². The highest BCUT2D eigenvalue weighted by Gasteiger charge is 2.24. The fourth-order valence-electron chi connectivity index (χ4n) is 3.69. The zero-order valence-electron chi connectivity index (χ0n) is 20.7.